The van der Waals surface area contributed by atoms with E-state index in [4.69, 9.17) is 9.52 Å². The molecule has 0 aliphatic carbocycles. The molecule has 3 aliphatic rings. The molecular weight excluding hydrogens is 683 g/mol. The highest BCUT2D eigenvalue weighted by atomic mass is 16.3. The summed E-state index contributed by atoms with van der Waals surface area (Å²) in [7, 11) is 1.00. The quantitative estimate of drug-likeness (QED) is 0.178. The number of amides is 2. The van der Waals surface area contributed by atoms with Crippen LogP contribution < -0.4 is 5.32 Å². The van der Waals surface area contributed by atoms with Crippen LogP contribution in [-0.2, 0) is 4.79 Å². The summed E-state index contributed by atoms with van der Waals surface area (Å²) in [5.74, 6) is 3.21. The van der Waals surface area contributed by atoms with Crippen LogP contribution in [-0.4, -0.2) is 73.1 Å². The van der Waals surface area contributed by atoms with Crippen LogP contribution in [0, 0.1) is 18.8 Å². The van der Waals surface area contributed by atoms with Gasteiger partial charge in [0.05, 0.1) is 12.2 Å². The molecule has 7 rings (SSSR count). The van der Waals surface area contributed by atoms with Gasteiger partial charge in [-0.15, -0.1) is 0 Å². The first-order chi connectivity index (χ1) is 26.9. The summed E-state index contributed by atoms with van der Waals surface area (Å²) in [6.45, 7) is 14.1. The molecule has 2 amide bonds. The number of rotatable bonds is 9. The fourth-order valence-electron chi connectivity index (χ4n) is 7.94. The number of furan rings is 1. The molecule has 0 bridgehead atoms. The van der Waals surface area contributed by atoms with Gasteiger partial charge in [-0.25, -0.2) is 0 Å². The van der Waals surface area contributed by atoms with Gasteiger partial charge in [-0.05, 0) is 98.7 Å². The van der Waals surface area contributed by atoms with Crippen molar-refractivity contribution in [1.29, 1.82) is 0 Å². The second kappa shape index (κ2) is 23.7. The summed E-state index contributed by atoms with van der Waals surface area (Å²) < 4.78 is 5.50. The van der Waals surface area contributed by atoms with Crippen LogP contribution in [0.2, 0.25) is 0 Å². The number of carbonyl (C=O) groups is 2. The minimum absolute atomic E-state index is 0.131. The Balaban J connectivity index is 0.000000225. The molecule has 3 saturated heterocycles. The van der Waals surface area contributed by atoms with Gasteiger partial charge in [-0.3, -0.25) is 9.59 Å². The summed E-state index contributed by atoms with van der Waals surface area (Å²) >= 11 is 0. The molecule has 0 radical (unpaired) electrons. The van der Waals surface area contributed by atoms with Crippen molar-refractivity contribution in [2.45, 2.75) is 97.3 Å². The van der Waals surface area contributed by atoms with Crippen LogP contribution >= 0.6 is 0 Å². The third kappa shape index (κ3) is 12.9. The number of aliphatic hydroxyl groups excluding tert-OH is 1. The lowest BCUT2D eigenvalue weighted by Gasteiger charge is -2.39. The highest BCUT2D eigenvalue weighted by molar-refractivity contribution is 5.95. The van der Waals surface area contributed by atoms with Crippen molar-refractivity contribution in [1.82, 2.24) is 15.1 Å². The second-order valence-electron chi connectivity index (χ2n) is 15.2. The predicted octanol–water partition coefficient (Wildman–Crippen LogP) is 10.1. The number of benzene rings is 3. The maximum atomic E-state index is 13.3. The van der Waals surface area contributed by atoms with Gasteiger partial charge in [-0.2, -0.15) is 0 Å². The fourth-order valence-corrected chi connectivity index (χ4v) is 7.94. The van der Waals surface area contributed by atoms with E-state index in [9.17, 15) is 9.59 Å². The van der Waals surface area contributed by atoms with Crippen LogP contribution in [0.25, 0.3) is 11.3 Å². The first-order valence-electron chi connectivity index (χ1n) is 20.9. The molecule has 7 heteroatoms. The van der Waals surface area contributed by atoms with E-state index in [1.165, 1.54) is 48.8 Å². The summed E-state index contributed by atoms with van der Waals surface area (Å²) in [5, 5.41) is 10.3. The number of aryl methyl sites for hydroxylation is 1. The Morgan fingerprint density at radius 2 is 1.47 bits per heavy atom. The fraction of sp³-hybridized carbons (Fsp3) is 0.500. The number of unbranched alkanes of at least 4 members (excludes halogenated alkanes) is 2. The average Bonchev–Trinajstić information content (AvgIpc) is 4.01. The van der Waals surface area contributed by atoms with Gasteiger partial charge in [0.25, 0.3) is 5.91 Å². The number of carbonyl (C=O) groups excluding carboxylic acids is 2. The largest absolute Gasteiger partial charge is 0.464 e. The molecule has 1 aromatic heterocycles. The Labute approximate surface area is 331 Å². The zero-order valence-corrected chi connectivity index (χ0v) is 34.2. The minimum Gasteiger partial charge on any atom is -0.464 e. The molecule has 3 aliphatic heterocycles. The third-order valence-corrected chi connectivity index (χ3v) is 11.4. The summed E-state index contributed by atoms with van der Waals surface area (Å²) in [4.78, 5) is 29.8. The highest BCUT2D eigenvalue weighted by Gasteiger charge is 2.33. The second-order valence-corrected chi connectivity index (χ2v) is 15.2. The normalized spacial score (nSPS) is 19.6. The Hall–Kier alpha value is -4.20. The van der Waals surface area contributed by atoms with Crippen LogP contribution in [0.15, 0.2) is 102 Å². The Bertz CT molecular complexity index is 1640. The summed E-state index contributed by atoms with van der Waals surface area (Å²) in [6.07, 6.45) is 12.1. The average molecular weight is 750 g/mol. The van der Waals surface area contributed by atoms with Crippen molar-refractivity contribution < 1.29 is 19.1 Å². The first-order valence-corrected chi connectivity index (χ1v) is 20.9. The standard InChI is InChI=1S/C26H29NO2.C17H24N2O.C4H10.CH4O/c1-2-3-9-23-19-27(16-15-24(23)20-10-5-4-6-11-20)26(28)22-13-7-12-21(18-22)25-14-8-17-29-25;1-13-2-4-14(5-3-13)15-7-10-19(11-8-15)17(20)16-6-9-18-12-16;1-3-4-2;1-2/h4-8,10-14,17-18,23-24H,2-3,9,15-16,19H2,1H3;2-5,15-16,18H,6-12H2,1H3;3-4H2,1-2H3;2H,1H3/t23-,24+;;;/m1.../s1. The maximum absolute atomic E-state index is 13.3. The molecule has 2 N–H and O–H groups in total. The molecule has 3 aromatic carbocycles. The highest BCUT2D eigenvalue weighted by Crippen LogP contribution is 2.37. The van der Waals surface area contributed by atoms with Crippen molar-refractivity contribution in [3.8, 4) is 11.3 Å². The predicted molar refractivity (Wildman–Crippen MR) is 226 cm³/mol. The van der Waals surface area contributed by atoms with Crippen molar-refractivity contribution in [2.75, 3.05) is 46.4 Å². The van der Waals surface area contributed by atoms with Crippen molar-refractivity contribution in [3.63, 3.8) is 0 Å². The van der Waals surface area contributed by atoms with Gasteiger partial charge in [0.2, 0.25) is 5.91 Å². The lowest BCUT2D eigenvalue weighted by Crippen LogP contribution is -2.43. The number of aliphatic hydroxyl groups is 1. The van der Waals surface area contributed by atoms with Crippen LogP contribution in [0.5, 0.6) is 0 Å². The van der Waals surface area contributed by atoms with Gasteiger partial charge in [-0.1, -0.05) is 119 Å². The van der Waals surface area contributed by atoms with Gasteiger partial charge < -0.3 is 24.6 Å². The van der Waals surface area contributed by atoms with E-state index in [1.54, 1.807) is 6.26 Å². The molecule has 0 spiro atoms. The zero-order chi connectivity index (χ0) is 39.4. The maximum Gasteiger partial charge on any atom is 0.253 e. The van der Waals surface area contributed by atoms with E-state index in [-0.39, 0.29) is 11.8 Å². The molecule has 1 unspecified atom stereocenters. The van der Waals surface area contributed by atoms with E-state index >= 15 is 0 Å². The first kappa shape index (κ1) is 43.5. The number of hydrogen-bond donors (Lipinski definition) is 2. The number of piperidine rings is 2. The Morgan fingerprint density at radius 3 is 2.09 bits per heavy atom. The van der Waals surface area contributed by atoms with E-state index < -0.39 is 0 Å². The Kier molecular flexibility index (Phi) is 18.7. The van der Waals surface area contributed by atoms with E-state index in [0.29, 0.717) is 23.7 Å². The minimum atomic E-state index is 0.131. The molecule has 4 aromatic rings. The monoisotopic (exact) mass is 750 g/mol. The van der Waals surface area contributed by atoms with Crippen molar-refractivity contribution in [3.05, 3.63) is 120 Å². The molecule has 55 heavy (non-hydrogen) atoms. The van der Waals surface area contributed by atoms with Gasteiger partial charge in [0.15, 0.2) is 0 Å². The SMILES string of the molecule is CCCC.CCCC[C@@H]1CN(C(=O)c2cccc(-c3ccco3)c2)CC[C@H]1c1ccccc1.CO.Cc1ccc(C2CCN(C(=O)C3CCNC3)CC2)cc1. The topological polar surface area (TPSA) is 86.0 Å². The van der Waals surface area contributed by atoms with Gasteiger partial charge in [0.1, 0.15) is 5.76 Å². The van der Waals surface area contributed by atoms with Crippen LogP contribution in [0.4, 0.5) is 0 Å². The lowest BCUT2D eigenvalue weighted by molar-refractivity contribution is -0.136. The lowest BCUT2D eigenvalue weighted by atomic mass is 9.78. The summed E-state index contributed by atoms with van der Waals surface area (Å²) in [6, 6.07) is 31.3. The van der Waals surface area contributed by atoms with E-state index in [1.807, 2.05) is 36.4 Å². The molecule has 3 atom stereocenters. The molecule has 7 nitrogen and oxygen atoms in total. The summed E-state index contributed by atoms with van der Waals surface area (Å²) in [5.41, 5.74) is 5.86. The smallest absolute Gasteiger partial charge is 0.253 e. The zero-order valence-electron chi connectivity index (χ0n) is 34.2. The van der Waals surface area contributed by atoms with Gasteiger partial charge >= 0.3 is 0 Å². The van der Waals surface area contributed by atoms with Gasteiger partial charge in [0, 0.05) is 51.0 Å². The molecule has 3 fully saturated rings. The van der Waals surface area contributed by atoms with Crippen molar-refractivity contribution in [2.24, 2.45) is 11.8 Å². The number of nitrogens with zero attached hydrogens (tertiary/aromatic N) is 2. The number of hydrogen-bond acceptors (Lipinski definition) is 5. The van der Waals surface area contributed by atoms with Crippen LogP contribution in [0.1, 0.15) is 117 Å². The number of likely N-dealkylation sites (tertiary alicyclic amines) is 2. The molecular formula is C48H67N3O4. The van der Waals surface area contributed by atoms with E-state index in [2.05, 4.69) is 97.4 Å². The molecule has 4 heterocycles. The molecule has 298 valence electrons. The number of nitrogens with one attached hydrogen (secondary N) is 1. The third-order valence-electron chi connectivity index (χ3n) is 11.4. The van der Waals surface area contributed by atoms with Crippen molar-refractivity contribution >= 4 is 11.8 Å². The van der Waals surface area contributed by atoms with Crippen LogP contribution in [0.3, 0.4) is 0 Å². The van der Waals surface area contributed by atoms with E-state index in [0.717, 1.165) is 88.9 Å². The molecule has 0 saturated carbocycles. The Morgan fingerprint density at radius 1 is 0.764 bits per heavy atom.